The largest absolute Gasteiger partial charge is 0.385 e. The van der Waals surface area contributed by atoms with Gasteiger partial charge in [-0.1, -0.05) is 39.0 Å². The maximum atomic E-state index is 3.41. The molecule has 0 aliphatic rings. The molecule has 0 radical (unpaired) electrons. The lowest BCUT2D eigenvalue weighted by molar-refractivity contribution is 0.378. The zero-order valence-electron chi connectivity index (χ0n) is 10.4. The summed E-state index contributed by atoms with van der Waals surface area (Å²) >= 11 is 0. The molecule has 1 aromatic carbocycles. The third-order valence-corrected chi connectivity index (χ3v) is 2.53. The zero-order valence-corrected chi connectivity index (χ0v) is 10.4. The quantitative estimate of drug-likeness (QED) is 0.780. The fourth-order valence-electron chi connectivity index (χ4n) is 1.61. The van der Waals surface area contributed by atoms with Crippen LogP contribution in [0.15, 0.2) is 24.3 Å². The summed E-state index contributed by atoms with van der Waals surface area (Å²) in [5.41, 5.74) is 3.15. The van der Waals surface area contributed by atoms with E-state index in [1.807, 2.05) is 0 Å². The molecule has 0 saturated carbocycles. The van der Waals surface area contributed by atoms with E-state index in [2.05, 4.69) is 57.3 Å². The Labute approximate surface area is 93.9 Å². The lowest BCUT2D eigenvalue weighted by atomic mass is 9.88. The summed E-state index contributed by atoms with van der Waals surface area (Å²) < 4.78 is 0. The predicted molar refractivity (Wildman–Crippen MR) is 68.4 cm³/mol. The van der Waals surface area contributed by atoms with Crippen LogP contribution < -0.4 is 5.32 Å². The minimum Gasteiger partial charge on any atom is -0.385 e. The van der Waals surface area contributed by atoms with Gasteiger partial charge in [0.1, 0.15) is 0 Å². The molecule has 0 bridgehead atoms. The Kier molecular flexibility index (Phi) is 4.19. The highest BCUT2D eigenvalue weighted by molar-refractivity contribution is 5.51. The summed E-state index contributed by atoms with van der Waals surface area (Å²) in [5, 5.41) is 3.41. The van der Waals surface area contributed by atoms with Crippen molar-refractivity contribution in [1.82, 2.24) is 0 Å². The molecule has 0 amide bonds. The van der Waals surface area contributed by atoms with Gasteiger partial charge in [-0.15, -0.1) is 0 Å². The number of hydrogen-bond donors (Lipinski definition) is 1. The lowest BCUT2D eigenvalue weighted by Gasteiger charge is -2.19. The van der Waals surface area contributed by atoms with Crippen molar-refractivity contribution in [2.75, 3.05) is 11.9 Å². The van der Waals surface area contributed by atoms with Crippen LogP contribution in [0.3, 0.4) is 0 Å². The SMILES string of the molecule is CCNc1ccccc1CCC(C)(C)C. The third kappa shape index (κ3) is 4.37. The van der Waals surface area contributed by atoms with Crippen LogP contribution in [0.2, 0.25) is 0 Å². The van der Waals surface area contributed by atoms with Crippen LogP contribution in [0.4, 0.5) is 5.69 Å². The summed E-state index contributed by atoms with van der Waals surface area (Å²) in [6.45, 7) is 10.0. The van der Waals surface area contributed by atoms with Crippen LogP contribution in [0, 0.1) is 5.41 Å². The Morgan fingerprint density at radius 3 is 2.40 bits per heavy atom. The molecular weight excluding hydrogens is 182 g/mol. The van der Waals surface area contributed by atoms with E-state index in [1.54, 1.807) is 0 Å². The van der Waals surface area contributed by atoms with Crippen LogP contribution >= 0.6 is 0 Å². The first-order chi connectivity index (χ1) is 7.03. The highest BCUT2D eigenvalue weighted by atomic mass is 14.9. The first-order valence-corrected chi connectivity index (χ1v) is 5.85. The van der Waals surface area contributed by atoms with Gasteiger partial charge in [0.05, 0.1) is 0 Å². The number of hydrogen-bond acceptors (Lipinski definition) is 1. The average molecular weight is 205 g/mol. The molecule has 0 saturated heterocycles. The van der Waals surface area contributed by atoms with Gasteiger partial charge in [0, 0.05) is 12.2 Å². The Morgan fingerprint density at radius 1 is 1.13 bits per heavy atom. The highest BCUT2D eigenvalue weighted by Gasteiger charge is 2.11. The summed E-state index contributed by atoms with van der Waals surface area (Å²) in [7, 11) is 0. The molecule has 1 nitrogen and oxygen atoms in total. The number of anilines is 1. The molecule has 84 valence electrons. The van der Waals surface area contributed by atoms with Crippen molar-refractivity contribution in [3.05, 3.63) is 29.8 Å². The topological polar surface area (TPSA) is 12.0 Å². The molecule has 0 atom stereocenters. The van der Waals surface area contributed by atoms with Gasteiger partial charge in [-0.05, 0) is 36.8 Å². The van der Waals surface area contributed by atoms with Crippen molar-refractivity contribution in [1.29, 1.82) is 0 Å². The Bertz CT molecular complexity index is 296. The van der Waals surface area contributed by atoms with Gasteiger partial charge in [0.25, 0.3) is 0 Å². The summed E-state index contributed by atoms with van der Waals surface area (Å²) in [4.78, 5) is 0. The van der Waals surface area contributed by atoms with Gasteiger partial charge in [-0.25, -0.2) is 0 Å². The second kappa shape index (κ2) is 5.20. The van der Waals surface area contributed by atoms with Gasteiger partial charge in [-0.3, -0.25) is 0 Å². The monoisotopic (exact) mass is 205 g/mol. The van der Waals surface area contributed by atoms with E-state index in [-0.39, 0.29) is 0 Å². The summed E-state index contributed by atoms with van der Waals surface area (Å²) in [6.07, 6.45) is 2.39. The van der Waals surface area contributed by atoms with E-state index < -0.39 is 0 Å². The predicted octanol–water partition coefficient (Wildman–Crippen LogP) is 4.10. The van der Waals surface area contributed by atoms with Crippen molar-refractivity contribution < 1.29 is 0 Å². The summed E-state index contributed by atoms with van der Waals surface area (Å²) in [6, 6.07) is 8.61. The Hall–Kier alpha value is -0.980. The van der Waals surface area contributed by atoms with E-state index in [9.17, 15) is 0 Å². The fourth-order valence-corrected chi connectivity index (χ4v) is 1.61. The maximum absolute atomic E-state index is 3.41. The molecule has 15 heavy (non-hydrogen) atoms. The van der Waals surface area contributed by atoms with Crippen LogP contribution in [-0.2, 0) is 6.42 Å². The number of nitrogens with one attached hydrogen (secondary N) is 1. The van der Waals surface area contributed by atoms with Gasteiger partial charge in [-0.2, -0.15) is 0 Å². The first kappa shape index (κ1) is 12.1. The molecule has 1 heteroatoms. The highest BCUT2D eigenvalue weighted by Crippen LogP contribution is 2.24. The number of aryl methyl sites for hydroxylation is 1. The van der Waals surface area contributed by atoms with Crippen LogP contribution in [-0.4, -0.2) is 6.54 Å². The Balaban J connectivity index is 2.67. The van der Waals surface area contributed by atoms with Crippen LogP contribution in [0.5, 0.6) is 0 Å². The van der Waals surface area contributed by atoms with Gasteiger partial charge in [0.15, 0.2) is 0 Å². The van der Waals surface area contributed by atoms with Crippen LogP contribution in [0.25, 0.3) is 0 Å². The van der Waals surface area contributed by atoms with Crippen molar-refractivity contribution in [2.24, 2.45) is 5.41 Å². The van der Waals surface area contributed by atoms with E-state index in [4.69, 9.17) is 0 Å². The van der Waals surface area contributed by atoms with Crippen molar-refractivity contribution >= 4 is 5.69 Å². The van der Waals surface area contributed by atoms with Gasteiger partial charge >= 0.3 is 0 Å². The van der Waals surface area contributed by atoms with Gasteiger partial charge in [0.2, 0.25) is 0 Å². The normalized spacial score (nSPS) is 11.5. The van der Waals surface area contributed by atoms with E-state index in [0.717, 1.165) is 13.0 Å². The number of para-hydroxylation sites is 1. The lowest BCUT2D eigenvalue weighted by Crippen LogP contribution is -2.08. The molecule has 0 aliphatic carbocycles. The maximum Gasteiger partial charge on any atom is 0.0372 e. The molecule has 0 aliphatic heterocycles. The van der Waals surface area contributed by atoms with Gasteiger partial charge < -0.3 is 5.32 Å². The molecule has 0 unspecified atom stereocenters. The van der Waals surface area contributed by atoms with E-state index in [1.165, 1.54) is 17.7 Å². The minimum atomic E-state index is 0.416. The zero-order chi connectivity index (χ0) is 11.3. The molecule has 0 fully saturated rings. The summed E-state index contributed by atoms with van der Waals surface area (Å²) in [5.74, 6) is 0. The third-order valence-electron chi connectivity index (χ3n) is 2.53. The number of benzene rings is 1. The van der Waals surface area contributed by atoms with Crippen molar-refractivity contribution in [2.45, 2.75) is 40.5 Å². The molecule has 0 spiro atoms. The standard InChI is InChI=1S/C14H23N/c1-5-15-13-9-7-6-8-12(13)10-11-14(2,3)4/h6-9,15H,5,10-11H2,1-4H3. The van der Waals surface area contributed by atoms with E-state index in [0.29, 0.717) is 5.41 Å². The second-order valence-electron chi connectivity index (χ2n) is 5.25. The molecule has 1 aromatic rings. The minimum absolute atomic E-state index is 0.416. The fraction of sp³-hybridized carbons (Fsp3) is 0.571. The Morgan fingerprint density at radius 2 is 1.80 bits per heavy atom. The van der Waals surface area contributed by atoms with Crippen LogP contribution in [0.1, 0.15) is 39.7 Å². The molecular formula is C14H23N. The smallest absolute Gasteiger partial charge is 0.0372 e. The van der Waals surface area contributed by atoms with Crippen molar-refractivity contribution in [3.63, 3.8) is 0 Å². The molecule has 1 rings (SSSR count). The second-order valence-corrected chi connectivity index (χ2v) is 5.25. The van der Waals surface area contributed by atoms with Crippen molar-refractivity contribution in [3.8, 4) is 0 Å². The molecule has 0 aromatic heterocycles. The number of rotatable bonds is 4. The molecule has 0 heterocycles. The van der Waals surface area contributed by atoms with E-state index >= 15 is 0 Å². The average Bonchev–Trinajstić information content (AvgIpc) is 2.16. The molecule has 1 N–H and O–H groups in total. The first-order valence-electron chi connectivity index (χ1n) is 5.85.